The van der Waals surface area contributed by atoms with Crippen molar-refractivity contribution in [2.75, 3.05) is 37.7 Å². The highest BCUT2D eigenvalue weighted by Crippen LogP contribution is 2.21. The minimum atomic E-state index is 0.137. The summed E-state index contributed by atoms with van der Waals surface area (Å²) >= 11 is 0. The van der Waals surface area contributed by atoms with Crippen LogP contribution in [0, 0.1) is 0 Å². The Labute approximate surface area is 183 Å². The number of nitrogens with zero attached hydrogens (tertiary/aromatic N) is 4. The maximum atomic E-state index is 12.6. The molecule has 0 bridgehead atoms. The van der Waals surface area contributed by atoms with E-state index in [0.717, 1.165) is 42.3 Å². The Morgan fingerprint density at radius 2 is 1.71 bits per heavy atom. The Morgan fingerprint density at radius 3 is 2.42 bits per heavy atom. The summed E-state index contributed by atoms with van der Waals surface area (Å²) in [6, 6.07) is 20.2. The third-order valence-electron chi connectivity index (χ3n) is 5.59. The van der Waals surface area contributed by atoms with E-state index in [1.807, 2.05) is 53.4 Å². The number of amides is 1. The van der Waals surface area contributed by atoms with Crippen molar-refractivity contribution in [2.24, 2.45) is 0 Å². The normalized spacial score (nSPS) is 13.8. The van der Waals surface area contributed by atoms with Gasteiger partial charge in [-0.05, 0) is 24.1 Å². The van der Waals surface area contributed by atoms with Crippen LogP contribution in [-0.2, 0) is 11.2 Å². The van der Waals surface area contributed by atoms with Crippen LogP contribution < -0.4 is 9.64 Å². The summed E-state index contributed by atoms with van der Waals surface area (Å²) in [7, 11) is 0. The molecule has 0 atom stereocenters. The number of carbonyl (C=O) groups is 1. The van der Waals surface area contributed by atoms with E-state index >= 15 is 0 Å². The van der Waals surface area contributed by atoms with Crippen molar-refractivity contribution in [1.82, 2.24) is 14.9 Å². The van der Waals surface area contributed by atoms with Crippen LogP contribution >= 0.6 is 0 Å². The van der Waals surface area contributed by atoms with Gasteiger partial charge in [0.2, 0.25) is 5.91 Å². The molecule has 0 saturated carbocycles. The van der Waals surface area contributed by atoms with Crippen LogP contribution in [0.25, 0.3) is 11.3 Å². The van der Waals surface area contributed by atoms with Gasteiger partial charge in [0.1, 0.15) is 17.9 Å². The molecule has 0 N–H and O–H groups in total. The summed E-state index contributed by atoms with van der Waals surface area (Å²) in [5.74, 6) is 1.85. The monoisotopic (exact) mass is 416 g/mol. The van der Waals surface area contributed by atoms with Crippen LogP contribution in [0.3, 0.4) is 0 Å². The lowest BCUT2D eigenvalue weighted by Crippen LogP contribution is -2.49. The number of aromatic nitrogens is 2. The third-order valence-corrected chi connectivity index (χ3v) is 5.59. The average Bonchev–Trinajstić information content (AvgIpc) is 2.85. The van der Waals surface area contributed by atoms with Crippen molar-refractivity contribution >= 4 is 11.7 Å². The van der Waals surface area contributed by atoms with Crippen molar-refractivity contribution in [1.29, 1.82) is 0 Å². The lowest BCUT2D eigenvalue weighted by molar-refractivity contribution is -0.132. The number of rotatable bonds is 7. The molecule has 0 radical (unpaired) electrons. The van der Waals surface area contributed by atoms with Crippen LogP contribution in [0.5, 0.6) is 5.75 Å². The number of ether oxygens (including phenoxy) is 1. The van der Waals surface area contributed by atoms with Gasteiger partial charge >= 0.3 is 0 Å². The topological polar surface area (TPSA) is 58.6 Å². The predicted octanol–water partition coefficient (Wildman–Crippen LogP) is 3.82. The van der Waals surface area contributed by atoms with E-state index in [-0.39, 0.29) is 5.91 Å². The Kier molecular flexibility index (Phi) is 6.77. The van der Waals surface area contributed by atoms with Gasteiger partial charge in [-0.15, -0.1) is 0 Å². The molecule has 0 spiro atoms. The maximum absolute atomic E-state index is 12.6. The number of aryl methyl sites for hydroxylation is 1. The van der Waals surface area contributed by atoms with E-state index in [1.54, 1.807) is 6.33 Å². The first-order valence-corrected chi connectivity index (χ1v) is 10.8. The summed E-state index contributed by atoms with van der Waals surface area (Å²) in [4.78, 5) is 25.5. The average molecular weight is 417 g/mol. The highest BCUT2D eigenvalue weighted by atomic mass is 16.5. The molecule has 6 nitrogen and oxygen atoms in total. The van der Waals surface area contributed by atoms with Crippen LogP contribution in [0.2, 0.25) is 0 Å². The molecule has 1 aliphatic rings. The summed E-state index contributed by atoms with van der Waals surface area (Å²) in [6.45, 7) is 5.42. The van der Waals surface area contributed by atoms with Crippen LogP contribution in [0.15, 0.2) is 67.0 Å². The molecule has 1 fully saturated rings. The zero-order valence-electron chi connectivity index (χ0n) is 17.9. The quantitative estimate of drug-likeness (QED) is 0.586. The smallest absolute Gasteiger partial charge is 0.226 e. The molecule has 1 amide bonds. The maximum Gasteiger partial charge on any atom is 0.226 e. The molecule has 1 aliphatic heterocycles. The van der Waals surface area contributed by atoms with Crippen LogP contribution in [0.4, 0.5) is 5.82 Å². The van der Waals surface area contributed by atoms with Crippen molar-refractivity contribution in [2.45, 2.75) is 19.8 Å². The van der Waals surface area contributed by atoms with E-state index < -0.39 is 0 Å². The second-order valence-corrected chi connectivity index (χ2v) is 7.59. The van der Waals surface area contributed by atoms with Gasteiger partial charge in [0, 0.05) is 37.8 Å². The van der Waals surface area contributed by atoms with Gasteiger partial charge in [-0.25, -0.2) is 9.97 Å². The number of piperazine rings is 1. The second-order valence-electron chi connectivity index (χ2n) is 7.59. The predicted molar refractivity (Wildman–Crippen MR) is 122 cm³/mol. The molecule has 3 aromatic rings. The SMILES string of the molecule is CCc1ccc(OCCC(=O)N2CCN(c3cc(-c4ccccc4)ncn3)CC2)cc1. The first kappa shape index (κ1) is 20.8. The molecule has 0 aliphatic carbocycles. The Morgan fingerprint density at radius 1 is 0.968 bits per heavy atom. The van der Waals surface area contributed by atoms with E-state index in [2.05, 4.69) is 33.9 Å². The number of carbonyl (C=O) groups excluding carboxylic acids is 1. The molecule has 2 heterocycles. The first-order valence-electron chi connectivity index (χ1n) is 10.8. The van der Waals surface area contributed by atoms with Crippen LogP contribution in [0.1, 0.15) is 18.9 Å². The molecule has 0 unspecified atom stereocenters. The van der Waals surface area contributed by atoms with Gasteiger partial charge in [0.15, 0.2) is 0 Å². The molecule has 160 valence electrons. The van der Waals surface area contributed by atoms with Gasteiger partial charge in [-0.1, -0.05) is 49.4 Å². The van der Waals surface area contributed by atoms with E-state index in [1.165, 1.54) is 5.56 Å². The molecular weight excluding hydrogens is 388 g/mol. The first-order chi connectivity index (χ1) is 15.2. The summed E-state index contributed by atoms with van der Waals surface area (Å²) in [5.41, 5.74) is 3.26. The fourth-order valence-electron chi connectivity index (χ4n) is 3.71. The Balaban J connectivity index is 1.26. The summed E-state index contributed by atoms with van der Waals surface area (Å²) < 4.78 is 5.74. The standard InChI is InChI=1S/C25H28N4O2/c1-2-20-8-10-22(11-9-20)31-17-12-25(30)29-15-13-28(14-16-29)24-18-23(26-19-27-24)21-6-4-3-5-7-21/h3-11,18-19H,2,12-17H2,1H3. The largest absolute Gasteiger partial charge is 0.493 e. The van der Waals surface area contributed by atoms with Gasteiger partial charge in [0.05, 0.1) is 18.7 Å². The van der Waals surface area contributed by atoms with E-state index in [4.69, 9.17) is 4.74 Å². The van der Waals surface area contributed by atoms with E-state index in [0.29, 0.717) is 26.1 Å². The number of hydrogen-bond acceptors (Lipinski definition) is 5. The molecular formula is C25H28N4O2. The van der Waals surface area contributed by atoms with Gasteiger partial charge < -0.3 is 14.5 Å². The number of benzene rings is 2. The van der Waals surface area contributed by atoms with Crippen molar-refractivity contribution in [3.63, 3.8) is 0 Å². The molecule has 4 rings (SSSR count). The fraction of sp³-hybridized carbons (Fsp3) is 0.320. The molecule has 6 heteroatoms. The van der Waals surface area contributed by atoms with Crippen molar-refractivity contribution in [3.8, 4) is 17.0 Å². The van der Waals surface area contributed by atoms with E-state index in [9.17, 15) is 4.79 Å². The van der Waals surface area contributed by atoms with Crippen molar-refractivity contribution in [3.05, 3.63) is 72.6 Å². The zero-order valence-corrected chi connectivity index (χ0v) is 17.9. The Bertz CT molecular complexity index is 984. The van der Waals surface area contributed by atoms with Gasteiger partial charge in [-0.3, -0.25) is 4.79 Å². The number of anilines is 1. The second kappa shape index (κ2) is 10.1. The molecule has 2 aromatic carbocycles. The zero-order chi connectivity index (χ0) is 21.5. The Hall–Kier alpha value is -3.41. The van der Waals surface area contributed by atoms with Crippen LogP contribution in [-0.4, -0.2) is 53.6 Å². The minimum absolute atomic E-state index is 0.137. The molecule has 31 heavy (non-hydrogen) atoms. The summed E-state index contributed by atoms with van der Waals surface area (Å²) in [6.07, 6.45) is 3.01. The lowest BCUT2D eigenvalue weighted by Gasteiger charge is -2.35. The van der Waals surface area contributed by atoms with Gasteiger partial charge in [-0.2, -0.15) is 0 Å². The van der Waals surface area contributed by atoms with Gasteiger partial charge in [0.25, 0.3) is 0 Å². The molecule has 1 aromatic heterocycles. The lowest BCUT2D eigenvalue weighted by atomic mass is 10.1. The number of hydrogen-bond donors (Lipinski definition) is 0. The minimum Gasteiger partial charge on any atom is -0.493 e. The highest BCUT2D eigenvalue weighted by molar-refractivity contribution is 5.76. The summed E-state index contributed by atoms with van der Waals surface area (Å²) in [5, 5.41) is 0. The highest BCUT2D eigenvalue weighted by Gasteiger charge is 2.22. The fourth-order valence-corrected chi connectivity index (χ4v) is 3.71. The molecule has 1 saturated heterocycles. The van der Waals surface area contributed by atoms with Crippen molar-refractivity contribution < 1.29 is 9.53 Å². The third kappa shape index (κ3) is 5.40.